The Labute approximate surface area is 164 Å². The average Bonchev–Trinajstić information content (AvgIpc) is 3.09. The number of anilines is 1. The molecule has 0 fully saturated rings. The Morgan fingerprint density at radius 3 is 2.71 bits per heavy atom. The first-order valence-corrected chi connectivity index (χ1v) is 8.82. The second-order valence-electron chi connectivity index (χ2n) is 6.25. The number of aromatic nitrogens is 5. The number of nitrogens with one attached hydrogen (secondary N) is 1. The fourth-order valence-corrected chi connectivity index (χ4v) is 2.93. The van der Waals surface area contributed by atoms with Crippen molar-refractivity contribution in [1.29, 1.82) is 0 Å². The van der Waals surface area contributed by atoms with Crippen LogP contribution in [0.4, 0.5) is 5.69 Å². The van der Waals surface area contributed by atoms with E-state index in [0.29, 0.717) is 16.4 Å². The van der Waals surface area contributed by atoms with Gasteiger partial charge in [-0.25, -0.2) is 4.98 Å². The van der Waals surface area contributed by atoms with Crippen LogP contribution in [0.25, 0.3) is 16.9 Å². The van der Waals surface area contributed by atoms with Crippen LogP contribution in [0.5, 0.6) is 0 Å². The summed E-state index contributed by atoms with van der Waals surface area (Å²) in [7, 11) is 0. The summed E-state index contributed by atoms with van der Waals surface area (Å²) in [6, 6.07) is 14.4. The number of hydrogen-bond acceptors (Lipinski definition) is 5. The van der Waals surface area contributed by atoms with Gasteiger partial charge in [0.15, 0.2) is 11.2 Å². The molecule has 0 radical (unpaired) electrons. The van der Waals surface area contributed by atoms with Crippen molar-refractivity contribution in [2.24, 2.45) is 0 Å². The van der Waals surface area contributed by atoms with Crippen molar-refractivity contribution in [3.8, 4) is 5.69 Å². The average molecular weight is 395 g/mol. The first-order chi connectivity index (χ1) is 13.5. The lowest BCUT2D eigenvalue weighted by molar-refractivity contribution is -0.116. The van der Waals surface area contributed by atoms with Gasteiger partial charge in [0.25, 0.3) is 5.56 Å². The largest absolute Gasteiger partial charge is 0.324 e. The van der Waals surface area contributed by atoms with Gasteiger partial charge in [-0.3, -0.25) is 14.2 Å². The van der Waals surface area contributed by atoms with Crippen LogP contribution >= 0.6 is 11.6 Å². The van der Waals surface area contributed by atoms with Crippen molar-refractivity contribution in [2.45, 2.75) is 13.5 Å². The molecule has 140 valence electrons. The molecule has 8 nitrogen and oxygen atoms in total. The fraction of sp³-hybridized carbons (Fsp3) is 0.105. The summed E-state index contributed by atoms with van der Waals surface area (Å²) in [6.07, 6.45) is 1.32. The molecule has 0 aliphatic carbocycles. The van der Waals surface area contributed by atoms with E-state index in [9.17, 15) is 9.59 Å². The maximum Gasteiger partial charge on any atom is 0.284 e. The second-order valence-corrected chi connectivity index (χ2v) is 6.68. The zero-order valence-electron chi connectivity index (χ0n) is 14.8. The Morgan fingerprint density at radius 2 is 1.96 bits per heavy atom. The number of rotatable bonds is 4. The third-order valence-corrected chi connectivity index (χ3v) is 4.37. The molecular weight excluding hydrogens is 380 g/mol. The SMILES string of the molecule is Cc1ccc(-n2nnc3c(=O)n(CC(=O)Nc4cccc(Cl)c4)cnc32)cc1. The summed E-state index contributed by atoms with van der Waals surface area (Å²) in [6.45, 7) is 1.78. The number of amides is 1. The smallest absolute Gasteiger partial charge is 0.284 e. The summed E-state index contributed by atoms with van der Waals surface area (Å²) in [5.41, 5.74) is 2.39. The Hall–Kier alpha value is -3.52. The maximum absolute atomic E-state index is 12.7. The Kier molecular flexibility index (Phi) is 4.62. The molecule has 0 aliphatic heterocycles. The molecule has 0 spiro atoms. The minimum atomic E-state index is -0.440. The van der Waals surface area contributed by atoms with Gasteiger partial charge in [-0.05, 0) is 37.3 Å². The van der Waals surface area contributed by atoms with E-state index in [1.165, 1.54) is 15.6 Å². The van der Waals surface area contributed by atoms with Crippen LogP contribution in [0.3, 0.4) is 0 Å². The molecule has 28 heavy (non-hydrogen) atoms. The molecule has 2 heterocycles. The van der Waals surface area contributed by atoms with Crippen LogP contribution < -0.4 is 10.9 Å². The first kappa shape index (κ1) is 17.9. The Bertz CT molecular complexity index is 1230. The lowest BCUT2D eigenvalue weighted by atomic mass is 10.2. The molecule has 0 saturated carbocycles. The molecule has 0 unspecified atom stereocenters. The van der Waals surface area contributed by atoms with Crippen molar-refractivity contribution < 1.29 is 4.79 Å². The van der Waals surface area contributed by atoms with Gasteiger partial charge in [0, 0.05) is 10.7 Å². The van der Waals surface area contributed by atoms with E-state index in [4.69, 9.17) is 11.6 Å². The van der Waals surface area contributed by atoms with Crippen LogP contribution in [0.15, 0.2) is 59.7 Å². The Morgan fingerprint density at radius 1 is 1.18 bits per heavy atom. The summed E-state index contributed by atoms with van der Waals surface area (Å²) in [4.78, 5) is 29.2. The molecule has 0 atom stereocenters. The van der Waals surface area contributed by atoms with E-state index >= 15 is 0 Å². The molecule has 9 heteroatoms. The van der Waals surface area contributed by atoms with Crippen LogP contribution in [-0.4, -0.2) is 30.5 Å². The van der Waals surface area contributed by atoms with Crippen molar-refractivity contribution in [1.82, 2.24) is 24.5 Å². The van der Waals surface area contributed by atoms with Gasteiger partial charge in [0.05, 0.1) is 5.69 Å². The Balaban J connectivity index is 1.61. The predicted octanol–water partition coefficient (Wildman–Crippen LogP) is 2.58. The minimum Gasteiger partial charge on any atom is -0.324 e. The third-order valence-electron chi connectivity index (χ3n) is 4.13. The highest BCUT2D eigenvalue weighted by atomic mass is 35.5. The number of benzene rings is 2. The molecule has 4 rings (SSSR count). The van der Waals surface area contributed by atoms with E-state index in [-0.39, 0.29) is 18.0 Å². The lowest BCUT2D eigenvalue weighted by Gasteiger charge is -2.07. The molecular formula is C19H15ClN6O2. The fourth-order valence-electron chi connectivity index (χ4n) is 2.74. The number of fused-ring (bicyclic) bond motifs is 1. The van der Waals surface area contributed by atoms with Gasteiger partial charge in [0.2, 0.25) is 5.91 Å². The van der Waals surface area contributed by atoms with E-state index in [1.54, 1.807) is 24.3 Å². The summed E-state index contributed by atoms with van der Waals surface area (Å²) in [5, 5.41) is 11.2. The van der Waals surface area contributed by atoms with Gasteiger partial charge in [-0.1, -0.05) is 40.6 Å². The van der Waals surface area contributed by atoms with Crippen molar-refractivity contribution in [3.05, 3.63) is 75.8 Å². The normalized spacial score (nSPS) is 10.9. The summed E-state index contributed by atoms with van der Waals surface area (Å²) in [5.74, 6) is -0.378. The predicted molar refractivity (Wildman–Crippen MR) is 106 cm³/mol. The second kappa shape index (κ2) is 7.24. The van der Waals surface area contributed by atoms with Gasteiger partial charge in [0.1, 0.15) is 12.9 Å². The molecule has 2 aromatic heterocycles. The van der Waals surface area contributed by atoms with Crippen LogP contribution in [-0.2, 0) is 11.3 Å². The lowest BCUT2D eigenvalue weighted by Crippen LogP contribution is -2.28. The van der Waals surface area contributed by atoms with E-state index < -0.39 is 5.56 Å². The number of nitrogens with zero attached hydrogens (tertiary/aromatic N) is 5. The standard InChI is InChI=1S/C19H15ClN6O2/c1-12-5-7-15(8-6-12)26-18-17(23-24-26)19(28)25(11-21-18)10-16(27)22-14-4-2-3-13(20)9-14/h2-9,11H,10H2,1H3,(H,22,27). The monoisotopic (exact) mass is 394 g/mol. The summed E-state index contributed by atoms with van der Waals surface area (Å²) >= 11 is 5.91. The number of carbonyl (C=O) groups excluding carboxylic acids is 1. The molecule has 0 bridgehead atoms. The maximum atomic E-state index is 12.7. The number of carbonyl (C=O) groups is 1. The minimum absolute atomic E-state index is 0.0960. The summed E-state index contributed by atoms with van der Waals surface area (Å²) < 4.78 is 2.68. The van der Waals surface area contributed by atoms with Gasteiger partial charge >= 0.3 is 0 Å². The quantitative estimate of drug-likeness (QED) is 0.574. The van der Waals surface area contributed by atoms with Crippen LogP contribution in [0.1, 0.15) is 5.56 Å². The number of hydrogen-bond donors (Lipinski definition) is 1. The zero-order valence-corrected chi connectivity index (χ0v) is 15.6. The molecule has 2 aromatic carbocycles. The first-order valence-electron chi connectivity index (χ1n) is 8.44. The molecule has 0 saturated heterocycles. The van der Waals surface area contributed by atoms with Crippen molar-refractivity contribution in [3.63, 3.8) is 0 Å². The van der Waals surface area contributed by atoms with Gasteiger partial charge < -0.3 is 5.32 Å². The molecule has 1 N–H and O–H groups in total. The molecule has 4 aromatic rings. The number of halogens is 1. The van der Waals surface area contributed by atoms with Crippen molar-refractivity contribution in [2.75, 3.05) is 5.32 Å². The van der Waals surface area contributed by atoms with Gasteiger partial charge in [-0.2, -0.15) is 4.68 Å². The van der Waals surface area contributed by atoms with E-state index in [2.05, 4.69) is 20.6 Å². The third kappa shape index (κ3) is 3.49. The van der Waals surface area contributed by atoms with Crippen LogP contribution in [0, 0.1) is 6.92 Å². The molecule has 0 aliphatic rings. The van der Waals surface area contributed by atoms with E-state index in [1.807, 2.05) is 31.2 Å². The van der Waals surface area contributed by atoms with Gasteiger partial charge in [-0.15, -0.1) is 5.10 Å². The molecule has 1 amide bonds. The number of aryl methyl sites for hydroxylation is 1. The zero-order chi connectivity index (χ0) is 19.7. The highest BCUT2D eigenvalue weighted by Gasteiger charge is 2.15. The highest BCUT2D eigenvalue weighted by Crippen LogP contribution is 2.15. The highest BCUT2D eigenvalue weighted by molar-refractivity contribution is 6.30. The van der Waals surface area contributed by atoms with E-state index in [0.717, 1.165) is 11.3 Å². The topological polar surface area (TPSA) is 94.7 Å². The van der Waals surface area contributed by atoms with Crippen LogP contribution in [0.2, 0.25) is 5.02 Å². The van der Waals surface area contributed by atoms with Crippen molar-refractivity contribution >= 4 is 34.4 Å².